The fraction of sp³-hybridized carbons (Fsp3) is 0.519. The molecule has 2 aromatic rings. The van der Waals surface area contributed by atoms with Crippen LogP contribution in [0.25, 0.3) is 0 Å². The van der Waals surface area contributed by atoms with E-state index in [2.05, 4.69) is 4.90 Å². The summed E-state index contributed by atoms with van der Waals surface area (Å²) in [4.78, 5) is 17.9. The number of nitrogens with zero attached hydrogens (tertiary/aromatic N) is 3. The van der Waals surface area contributed by atoms with E-state index in [1.165, 1.54) is 0 Å². The number of amides is 1. The van der Waals surface area contributed by atoms with Crippen molar-refractivity contribution in [1.82, 2.24) is 14.1 Å². The number of benzene rings is 2. The predicted octanol–water partition coefficient (Wildman–Crippen LogP) is 2.43. The first kappa shape index (κ1) is 25.2. The summed E-state index contributed by atoms with van der Waals surface area (Å²) in [6, 6.07) is 14.8. The zero-order chi connectivity index (χ0) is 25.3. The molecule has 0 saturated carbocycles. The number of ether oxygens (including phenoxy) is 1. The SMILES string of the molecule is CN(C(=O)C1CCc2cc(S(=O)(=O)N3CCCC3)ccc2O1)[C@H](CN1CC[C@H](O)C1)c1ccccc1. The summed E-state index contributed by atoms with van der Waals surface area (Å²) in [6.45, 7) is 3.20. The highest BCUT2D eigenvalue weighted by molar-refractivity contribution is 7.89. The lowest BCUT2D eigenvalue weighted by molar-refractivity contribution is -0.140. The van der Waals surface area contributed by atoms with Crippen LogP contribution in [0.1, 0.15) is 42.9 Å². The highest BCUT2D eigenvalue weighted by atomic mass is 32.2. The van der Waals surface area contributed by atoms with Gasteiger partial charge in [0.2, 0.25) is 10.0 Å². The fourth-order valence-corrected chi connectivity index (χ4v) is 7.08. The highest BCUT2D eigenvalue weighted by Gasteiger charge is 2.35. The van der Waals surface area contributed by atoms with Gasteiger partial charge in [0.15, 0.2) is 6.10 Å². The average molecular weight is 514 g/mol. The molecule has 1 N–H and O–H groups in total. The lowest BCUT2D eigenvalue weighted by atomic mass is 10.00. The fourth-order valence-electron chi connectivity index (χ4n) is 5.51. The molecule has 8 nitrogen and oxygen atoms in total. The molecule has 2 aromatic carbocycles. The summed E-state index contributed by atoms with van der Waals surface area (Å²) in [5.41, 5.74) is 1.87. The molecular formula is C27H35N3O5S. The number of β-amino-alcohol motifs (C(OH)–C–C–N with tert-alkyl or cyclic N) is 1. The third kappa shape index (κ3) is 5.16. The van der Waals surface area contributed by atoms with E-state index in [0.717, 1.165) is 36.9 Å². The molecule has 1 unspecified atom stereocenters. The Morgan fingerprint density at radius 2 is 1.86 bits per heavy atom. The first-order valence-corrected chi connectivity index (χ1v) is 14.3. The monoisotopic (exact) mass is 513 g/mol. The quantitative estimate of drug-likeness (QED) is 0.612. The van der Waals surface area contributed by atoms with Crippen LogP contribution in [-0.4, -0.2) is 85.5 Å². The minimum atomic E-state index is -3.49. The zero-order valence-electron chi connectivity index (χ0n) is 20.8. The molecule has 2 saturated heterocycles. The van der Waals surface area contributed by atoms with E-state index < -0.39 is 16.1 Å². The number of aliphatic hydroxyl groups excluding tert-OH is 1. The zero-order valence-corrected chi connectivity index (χ0v) is 21.6. The van der Waals surface area contributed by atoms with Crippen LogP contribution in [0.2, 0.25) is 0 Å². The molecular weight excluding hydrogens is 478 g/mol. The molecule has 0 radical (unpaired) electrons. The van der Waals surface area contributed by atoms with Crippen molar-refractivity contribution >= 4 is 15.9 Å². The molecule has 0 bridgehead atoms. The molecule has 3 heterocycles. The van der Waals surface area contributed by atoms with Gasteiger partial charge in [-0.05, 0) is 61.4 Å². The van der Waals surface area contributed by atoms with Crippen molar-refractivity contribution in [2.24, 2.45) is 0 Å². The Kier molecular flexibility index (Phi) is 7.35. The number of carbonyl (C=O) groups is 1. The molecule has 0 aliphatic carbocycles. The number of likely N-dealkylation sites (N-methyl/N-ethyl adjacent to an activating group) is 1. The lowest BCUT2D eigenvalue weighted by Crippen LogP contribution is -2.46. The van der Waals surface area contributed by atoms with E-state index in [0.29, 0.717) is 49.7 Å². The van der Waals surface area contributed by atoms with Crippen LogP contribution in [0.5, 0.6) is 5.75 Å². The normalized spacial score (nSPS) is 23.7. The largest absolute Gasteiger partial charge is 0.480 e. The van der Waals surface area contributed by atoms with E-state index in [4.69, 9.17) is 4.74 Å². The molecule has 9 heteroatoms. The smallest absolute Gasteiger partial charge is 0.263 e. The summed E-state index contributed by atoms with van der Waals surface area (Å²) in [5.74, 6) is 0.482. The van der Waals surface area contributed by atoms with Gasteiger partial charge >= 0.3 is 0 Å². The van der Waals surface area contributed by atoms with Crippen molar-refractivity contribution < 1.29 is 23.1 Å². The number of sulfonamides is 1. The molecule has 3 aliphatic rings. The van der Waals surface area contributed by atoms with Gasteiger partial charge in [-0.15, -0.1) is 0 Å². The molecule has 36 heavy (non-hydrogen) atoms. The first-order chi connectivity index (χ1) is 17.3. The number of fused-ring (bicyclic) bond motifs is 1. The molecule has 2 fully saturated rings. The topological polar surface area (TPSA) is 90.4 Å². The van der Waals surface area contributed by atoms with Crippen molar-refractivity contribution in [2.75, 3.05) is 39.8 Å². The molecule has 3 aliphatic heterocycles. The summed E-state index contributed by atoms with van der Waals surface area (Å²) < 4.78 is 33.6. The Bertz CT molecular complexity index is 1180. The average Bonchev–Trinajstić information content (AvgIpc) is 3.59. The summed E-state index contributed by atoms with van der Waals surface area (Å²) in [6.07, 6.45) is 2.67. The molecule has 0 spiro atoms. The van der Waals surface area contributed by atoms with Crippen molar-refractivity contribution in [3.63, 3.8) is 0 Å². The van der Waals surface area contributed by atoms with Crippen LogP contribution in [0, 0.1) is 0 Å². The Labute approximate surface area is 213 Å². The highest BCUT2D eigenvalue weighted by Crippen LogP contribution is 2.33. The van der Waals surface area contributed by atoms with E-state index in [1.54, 1.807) is 27.4 Å². The lowest BCUT2D eigenvalue weighted by Gasteiger charge is -2.35. The second-order valence-electron chi connectivity index (χ2n) is 10.1. The second kappa shape index (κ2) is 10.5. The van der Waals surface area contributed by atoms with Gasteiger partial charge in [0, 0.05) is 39.8 Å². The number of hydrogen-bond acceptors (Lipinski definition) is 6. The molecule has 3 atom stereocenters. The molecule has 0 aromatic heterocycles. The van der Waals surface area contributed by atoms with Gasteiger partial charge in [0.1, 0.15) is 5.75 Å². The Morgan fingerprint density at radius 3 is 2.56 bits per heavy atom. The molecule has 5 rings (SSSR count). The first-order valence-electron chi connectivity index (χ1n) is 12.8. The van der Waals surface area contributed by atoms with Crippen molar-refractivity contribution in [2.45, 2.75) is 55.2 Å². The van der Waals surface area contributed by atoms with Crippen molar-refractivity contribution in [3.8, 4) is 5.75 Å². The van der Waals surface area contributed by atoms with Crippen molar-refractivity contribution in [1.29, 1.82) is 0 Å². The minimum Gasteiger partial charge on any atom is -0.480 e. The van der Waals surface area contributed by atoms with E-state index in [1.807, 2.05) is 37.4 Å². The second-order valence-corrected chi connectivity index (χ2v) is 12.0. The van der Waals surface area contributed by atoms with Crippen LogP contribution >= 0.6 is 0 Å². The van der Waals surface area contributed by atoms with Gasteiger partial charge < -0.3 is 14.7 Å². The summed E-state index contributed by atoms with van der Waals surface area (Å²) in [7, 11) is -1.68. The number of carbonyl (C=O) groups excluding carboxylic acids is 1. The number of rotatable bonds is 7. The van der Waals surface area contributed by atoms with Gasteiger partial charge in [-0.2, -0.15) is 4.31 Å². The maximum Gasteiger partial charge on any atom is 0.263 e. The van der Waals surface area contributed by atoms with Crippen LogP contribution in [-0.2, 0) is 21.2 Å². The maximum absolute atomic E-state index is 13.6. The van der Waals surface area contributed by atoms with Crippen molar-refractivity contribution in [3.05, 3.63) is 59.7 Å². The third-order valence-electron chi connectivity index (χ3n) is 7.63. The van der Waals surface area contributed by atoms with Gasteiger partial charge in [0.25, 0.3) is 5.91 Å². The van der Waals surface area contributed by atoms with Crippen LogP contribution in [0.15, 0.2) is 53.4 Å². The van der Waals surface area contributed by atoms with E-state index in [-0.39, 0.29) is 18.1 Å². The van der Waals surface area contributed by atoms with Crippen LogP contribution in [0.4, 0.5) is 0 Å². The number of aryl methyl sites for hydroxylation is 1. The van der Waals surface area contributed by atoms with Crippen LogP contribution < -0.4 is 4.74 Å². The van der Waals surface area contributed by atoms with Crippen LogP contribution in [0.3, 0.4) is 0 Å². The standard InChI is InChI=1S/C27H35N3O5S/c1-28(24(20-7-3-2-4-8-20)19-29-16-13-22(31)18-29)27(32)26-11-9-21-17-23(10-12-25(21)35-26)36(33,34)30-14-5-6-15-30/h2-4,7-8,10,12,17,22,24,26,31H,5-6,9,11,13-16,18-19H2,1H3/t22-,24+,26?/m0/s1. The Morgan fingerprint density at radius 1 is 1.11 bits per heavy atom. The van der Waals surface area contributed by atoms with E-state index >= 15 is 0 Å². The van der Waals surface area contributed by atoms with Gasteiger partial charge in [-0.25, -0.2) is 8.42 Å². The Balaban J connectivity index is 1.31. The van der Waals surface area contributed by atoms with Gasteiger partial charge in [-0.3, -0.25) is 9.69 Å². The number of aliphatic hydroxyl groups is 1. The van der Waals surface area contributed by atoms with Gasteiger partial charge in [-0.1, -0.05) is 30.3 Å². The minimum absolute atomic E-state index is 0.0944. The molecule has 1 amide bonds. The Hall–Kier alpha value is -2.46. The van der Waals surface area contributed by atoms with Gasteiger partial charge in [0.05, 0.1) is 17.0 Å². The third-order valence-corrected chi connectivity index (χ3v) is 9.53. The summed E-state index contributed by atoms with van der Waals surface area (Å²) >= 11 is 0. The summed E-state index contributed by atoms with van der Waals surface area (Å²) in [5, 5.41) is 9.98. The molecule has 194 valence electrons. The number of likely N-dealkylation sites (tertiary alicyclic amines) is 1. The predicted molar refractivity (Wildman–Crippen MR) is 136 cm³/mol. The van der Waals surface area contributed by atoms with E-state index in [9.17, 15) is 18.3 Å². The number of hydrogen-bond donors (Lipinski definition) is 1. The maximum atomic E-state index is 13.6.